The van der Waals surface area contributed by atoms with Crippen molar-refractivity contribution in [1.29, 1.82) is 0 Å². The second-order valence-electron chi connectivity index (χ2n) is 4.15. The third-order valence-electron chi connectivity index (χ3n) is 3.08. The molecule has 1 aliphatic rings. The first-order chi connectivity index (χ1) is 7.48. The average Bonchev–Trinajstić information content (AvgIpc) is 2.63. The lowest BCUT2D eigenvalue weighted by Gasteiger charge is -2.31. The summed E-state index contributed by atoms with van der Waals surface area (Å²) in [5, 5.41) is 7.08. The fourth-order valence-electron chi connectivity index (χ4n) is 2.17. The van der Waals surface area contributed by atoms with Crippen LogP contribution in [-0.4, -0.2) is 22.5 Å². The fraction of sp³-hybridized carbons (Fsp3) is 0.700. The Hall–Kier alpha value is -1.04. The number of rotatable bonds is 1. The molecule has 0 amide bonds. The van der Waals surface area contributed by atoms with Gasteiger partial charge in [0.2, 0.25) is 0 Å². The summed E-state index contributed by atoms with van der Waals surface area (Å²) < 4.78 is 39.4. The van der Waals surface area contributed by atoms with Crippen LogP contribution in [0.15, 0.2) is 12.3 Å². The maximum atomic E-state index is 12.6. The molecule has 0 unspecified atom stereocenters. The molecule has 1 aromatic rings. The lowest BCUT2D eigenvalue weighted by molar-refractivity contribution is -0.183. The number of nitrogens with one attached hydrogen (secondary N) is 1. The highest BCUT2D eigenvalue weighted by atomic mass is 19.4. The van der Waals surface area contributed by atoms with Crippen LogP contribution in [0, 0.1) is 5.92 Å². The number of aryl methyl sites for hydroxylation is 1. The Balaban J connectivity index is 2.11. The Labute approximate surface area is 91.6 Å². The molecule has 90 valence electrons. The Morgan fingerprint density at radius 1 is 1.50 bits per heavy atom. The van der Waals surface area contributed by atoms with Gasteiger partial charge in [0, 0.05) is 19.3 Å². The second kappa shape index (κ2) is 4.08. The molecule has 16 heavy (non-hydrogen) atoms. The Bertz CT molecular complexity index is 358. The van der Waals surface area contributed by atoms with Gasteiger partial charge in [-0.15, -0.1) is 0 Å². The van der Waals surface area contributed by atoms with Crippen LogP contribution in [0.25, 0.3) is 0 Å². The third-order valence-corrected chi connectivity index (χ3v) is 3.08. The standard InChI is InChI=1S/C10H14F3N3/c1-16-9(3-5-15-16)8-6-7(2-4-14-8)10(11,12)13/h3,5,7-8,14H,2,4,6H2,1H3/t7-,8+/m1/s1. The maximum Gasteiger partial charge on any atom is 0.391 e. The summed E-state index contributed by atoms with van der Waals surface area (Å²) in [6.45, 7) is 0.403. The van der Waals surface area contributed by atoms with Crippen molar-refractivity contribution in [2.75, 3.05) is 6.54 Å². The first-order valence-electron chi connectivity index (χ1n) is 5.26. The lowest BCUT2D eigenvalue weighted by atomic mass is 9.90. The summed E-state index contributed by atoms with van der Waals surface area (Å²) in [5.41, 5.74) is 0.814. The summed E-state index contributed by atoms with van der Waals surface area (Å²) in [6, 6.07) is 1.52. The Kier molecular flexibility index (Phi) is 2.92. The zero-order valence-electron chi connectivity index (χ0n) is 8.96. The quantitative estimate of drug-likeness (QED) is 0.804. The minimum Gasteiger partial charge on any atom is -0.309 e. The molecule has 0 bridgehead atoms. The van der Waals surface area contributed by atoms with Crippen LogP contribution in [0.4, 0.5) is 13.2 Å². The van der Waals surface area contributed by atoms with E-state index in [4.69, 9.17) is 0 Å². The topological polar surface area (TPSA) is 29.9 Å². The second-order valence-corrected chi connectivity index (χ2v) is 4.15. The van der Waals surface area contributed by atoms with Gasteiger partial charge in [-0.25, -0.2) is 0 Å². The molecule has 0 aromatic carbocycles. The van der Waals surface area contributed by atoms with E-state index in [1.807, 2.05) is 0 Å². The van der Waals surface area contributed by atoms with Crippen molar-refractivity contribution in [2.45, 2.75) is 25.1 Å². The van der Waals surface area contributed by atoms with Crippen LogP contribution in [0.1, 0.15) is 24.6 Å². The van der Waals surface area contributed by atoms with Crippen molar-refractivity contribution >= 4 is 0 Å². The van der Waals surface area contributed by atoms with Crippen molar-refractivity contribution in [1.82, 2.24) is 15.1 Å². The van der Waals surface area contributed by atoms with E-state index in [2.05, 4.69) is 10.4 Å². The number of hydrogen-bond donors (Lipinski definition) is 1. The van der Waals surface area contributed by atoms with Gasteiger partial charge in [0.15, 0.2) is 0 Å². The van der Waals surface area contributed by atoms with E-state index in [9.17, 15) is 13.2 Å². The van der Waals surface area contributed by atoms with Crippen molar-refractivity contribution in [3.8, 4) is 0 Å². The molecule has 0 aliphatic carbocycles. The van der Waals surface area contributed by atoms with Gasteiger partial charge in [0.1, 0.15) is 0 Å². The largest absolute Gasteiger partial charge is 0.391 e. The number of aromatic nitrogens is 2. The highest BCUT2D eigenvalue weighted by Gasteiger charge is 2.42. The van der Waals surface area contributed by atoms with E-state index in [1.165, 1.54) is 0 Å². The zero-order valence-corrected chi connectivity index (χ0v) is 8.96. The number of halogens is 3. The van der Waals surface area contributed by atoms with E-state index in [0.29, 0.717) is 6.54 Å². The van der Waals surface area contributed by atoms with E-state index in [1.54, 1.807) is 24.0 Å². The van der Waals surface area contributed by atoms with E-state index in [0.717, 1.165) is 5.69 Å². The highest BCUT2D eigenvalue weighted by molar-refractivity contribution is 5.08. The molecule has 2 atom stereocenters. The smallest absolute Gasteiger partial charge is 0.309 e. The molecule has 1 saturated heterocycles. The first-order valence-corrected chi connectivity index (χ1v) is 5.26. The molecule has 2 heterocycles. The van der Waals surface area contributed by atoms with Crippen molar-refractivity contribution in [3.63, 3.8) is 0 Å². The maximum absolute atomic E-state index is 12.6. The molecule has 0 saturated carbocycles. The first kappa shape index (κ1) is 11.4. The molecule has 0 spiro atoms. The SMILES string of the molecule is Cn1nccc1[C@@H]1C[C@H](C(F)(F)F)CCN1. The molecule has 2 rings (SSSR count). The van der Waals surface area contributed by atoms with E-state index < -0.39 is 12.1 Å². The predicted octanol–water partition coefficient (Wildman–Crippen LogP) is 2.02. The molecule has 0 radical (unpaired) electrons. The average molecular weight is 233 g/mol. The van der Waals surface area contributed by atoms with Crippen LogP contribution in [-0.2, 0) is 7.05 Å². The Morgan fingerprint density at radius 2 is 2.25 bits per heavy atom. The fourth-order valence-corrected chi connectivity index (χ4v) is 2.17. The summed E-state index contributed by atoms with van der Waals surface area (Å²) in [7, 11) is 1.74. The van der Waals surface area contributed by atoms with Gasteiger partial charge in [0.05, 0.1) is 11.6 Å². The zero-order chi connectivity index (χ0) is 11.8. The minimum atomic E-state index is -4.08. The molecule has 1 fully saturated rings. The van der Waals surface area contributed by atoms with Gasteiger partial charge in [-0.05, 0) is 25.5 Å². The third kappa shape index (κ3) is 2.21. The van der Waals surface area contributed by atoms with Crippen LogP contribution >= 0.6 is 0 Å². The molecule has 1 aliphatic heterocycles. The summed E-state index contributed by atoms with van der Waals surface area (Å²) in [5.74, 6) is -1.20. The summed E-state index contributed by atoms with van der Waals surface area (Å²) >= 11 is 0. The van der Waals surface area contributed by atoms with E-state index in [-0.39, 0.29) is 18.9 Å². The van der Waals surface area contributed by atoms with Crippen molar-refractivity contribution in [2.24, 2.45) is 13.0 Å². The number of alkyl halides is 3. The monoisotopic (exact) mass is 233 g/mol. The van der Waals surface area contributed by atoms with Crippen LogP contribution in [0.5, 0.6) is 0 Å². The molecule has 3 nitrogen and oxygen atoms in total. The van der Waals surface area contributed by atoms with Gasteiger partial charge < -0.3 is 5.32 Å². The molecular weight excluding hydrogens is 219 g/mol. The summed E-state index contributed by atoms with van der Waals surface area (Å²) in [6.07, 6.45) is -2.21. The van der Waals surface area contributed by atoms with Gasteiger partial charge in [-0.2, -0.15) is 18.3 Å². The van der Waals surface area contributed by atoms with Gasteiger partial charge in [0.25, 0.3) is 0 Å². The molecule has 1 aromatic heterocycles. The predicted molar refractivity (Wildman–Crippen MR) is 52.7 cm³/mol. The molecular formula is C10H14F3N3. The van der Waals surface area contributed by atoms with Crippen LogP contribution in [0.3, 0.4) is 0 Å². The number of nitrogens with zero attached hydrogens (tertiary/aromatic N) is 2. The Morgan fingerprint density at radius 3 is 2.81 bits per heavy atom. The lowest BCUT2D eigenvalue weighted by Crippen LogP contribution is -2.38. The van der Waals surface area contributed by atoms with Crippen LogP contribution < -0.4 is 5.32 Å². The normalized spacial score (nSPS) is 27.0. The highest BCUT2D eigenvalue weighted by Crippen LogP contribution is 2.37. The number of hydrogen-bond acceptors (Lipinski definition) is 2. The van der Waals surface area contributed by atoms with Gasteiger partial charge in [-0.1, -0.05) is 0 Å². The van der Waals surface area contributed by atoms with Gasteiger partial charge in [-0.3, -0.25) is 4.68 Å². The number of piperidine rings is 1. The van der Waals surface area contributed by atoms with Crippen molar-refractivity contribution < 1.29 is 13.2 Å². The summed E-state index contributed by atoms with van der Waals surface area (Å²) in [4.78, 5) is 0. The minimum absolute atomic E-state index is 0.100. The van der Waals surface area contributed by atoms with E-state index >= 15 is 0 Å². The van der Waals surface area contributed by atoms with Gasteiger partial charge >= 0.3 is 6.18 Å². The van der Waals surface area contributed by atoms with Crippen molar-refractivity contribution in [3.05, 3.63) is 18.0 Å². The molecule has 6 heteroatoms. The molecule has 1 N–H and O–H groups in total. The van der Waals surface area contributed by atoms with Crippen LogP contribution in [0.2, 0.25) is 0 Å².